The number of alkyl halides is 2. The summed E-state index contributed by atoms with van der Waals surface area (Å²) in [6.45, 7) is 6.17. The van der Waals surface area contributed by atoms with Crippen molar-refractivity contribution >= 4 is 33.6 Å². The van der Waals surface area contributed by atoms with Crippen molar-refractivity contribution in [2.45, 2.75) is 89.3 Å². The number of hydrogen-bond donors (Lipinski definition) is 1. The van der Waals surface area contributed by atoms with Crippen molar-refractivity contribution in [3.8, 4) is 17.3 Å². The molecule has 3 saturated heterocycles. The minimum Gasteiger partial charge on any atom is -0.461 e. The number of benzene rings is 1. The molecule has 1 N–H and O–H groups in total. The molecule has 0 bridgehead atoms. The van der Waals surface area contributed by atoms with Gasteiger partial charge in [-0.2, -0.15) is 15.1 Å². The van der Waals surface area contributed by atoms with Crippen LogP contribution in [0.4, 0.5) is 19.0 Å². The number of aryl methyl sites for hydroxylation is 1. The summed E-state index contributed by atoms with van der Waals surface area (Å²) in [5, 5.41) is 16.4. The van der Waals surface area contributed by atoms with Gasteiger partial charge in [0.25, 0.3) is 0 Å². The number of esters is 1. The zero-order valence-corrected chi connectivity index (χ0v) is 28.6. The second kappa shape index (κ2) is 12.3. The number of aromatic nitrogens is 5. The number of anilines is 1. The number of aliphatic hydroxyl groups is 1. The number of rotatable bonds is 9. The fraction of sp³-hybridized carbons (Fsp3) is 0.583. The van der Waals surface area contributed by atoms with Gasteiger partial charge in [0, 0.05) is 43.6 Å². The highest BCUT2D eigenvalue weighted by Crippen LogP contribution is 2.53. The molecule has 1 aliphatic carbocycles. The molecule has 5 atom stereocenters. The summed E-state index contributed by atoms with van der Waals surface area (Å²) < 4.78 is 58.9. The Morgan fingerprint density at radius 1 is 1.16 bits per heavy atom. The number of carbonyl (C=O) groups excluding carboxylic acids is 1. The fourth-order valence-electron chi connectivity index (χ4n) is 8.63. The third kappa shape index (κ3) is 5.64. The van der Waals surface area contributed by atoms with Crippen molar-refractivity contribution in [1.82, 2.24) is 29.6 Å². The van der Waals surface area contributed by atoms with Crippen LogP contribution in [0.25, 0.3) is 33.1 Å². The predicted octanol–water partition coefficient (Wildman–Crippen LogP) is 5.39. The lowest BCUT2D eigenvalue weighted by Gasteiger charge is -2.38. The maximum atomic E-state index is 17.3. The van der Waals surface area contributed by atoms with Gasteiger partial charge in [0.05, 0.1) is 29.2 Å². The summed E-state index contributed by atoms with van der Waals surface area (Å²) >= 11 is 0. The quantitative estimate of drug-likeness (QED) is 0.229. The highest BCUT2D eigenvalue weighted by atomic mass is 19.1. The van der Waals surface area contributed by atoms with E-state index in [9.17, 15) is 18.7 Å². The van der Waals surface area contributed by atoms with E-state index in [0.717, 1.165) is 36.9 Å². The van der Waals surface area contributed by atoms with E-state index < -0.39 is 35.8 Å². The first-order valence-corrected chi connectivity index (χ1v) is 17.5. The molecule has 0 spiro atoms. The van der Waals surface area contributed by atoms with Crippen molar-refractivity contribution in [3.05, 3.63) is 35.4 Å². The van der Waals surface area contributed by atoms with Gasteiger partial charge in [-0.1, -0.05) is 6.92 Å². The van der Waals surface area contributed by atoms with Gasteiger partial charge in [-0.3, -0.25) is 14.7 Å². The van der Waals surface area contributed by atoms with Crippen LogP contribution in [0.2, 0.25) is 0 Å². The first kappa shape index (κ1) is 33.1. The Labute approximate surface area is 287 Å². The molecule has 4 aromatic rings. The second-order valence-corrected chi connectivity index (χ2v) is 14.9. The molecular weight excluding hydrogens is 651 g/mol. The Morgan fingerprint density at radius 2 is 1.96 bits per heavy atom. The van der Waals surface area contributed by atoms with E-state index >= 15 is 4.39 Å². The molecule has 3 aliphatic heterocycles. The molecule has 8 rings (SSSR count). The van der Waals surface area contributed by atoms with Gasteiger partial charge in [0.1, 0.15) is 42.1 Å². The lowest BCUT2D eigenvalue weighted by Crippen LogP contribution is -2.50. The molecule has 1 saturated carbocycles. The number of fused-ring (bicyclic) bond motifs is 3. The largest absolute Gasteiger partial charge is 0.461 e. The minimum atomic E-state index is -1.57. The van der Waals surface area contributed by atoms with Crippen molar-refractivity contribution in [2.24, 2.45) is 5.92 Å². The number of carbonyl (C=O) groups is 1. The average molecular weight is 694 g/mol. The van der Waals surface area contributed by atoms with Crippen LogP contribution in [0.5, 0.6) is 6.01 Å². The number of piperidine rings is 1. The van der Waals surface area contributed by atoms with E-state index in [1.165, 1.54) is 13.1 Å². The molecule has 14 heteroatoms. The van der Waals surface area contributed by atoms with Crippen LogP contribution in [-0.4, -0.2) is 97.5 Å². The monoisotopic (exact) mass is 693 g/mol. The van der Waals surface area contributed by atoms with E-state index in [4.69, 9.17) is 19.4 Å². The molecule has 4 aliphatic rings. The Hall–Kier alpha value is -4.04. The Kier molecular flexibility index (Phi) is 8.17. The smallest absolute Gasteiger partial charge is 0.319 e. The van der Waals surface area contributed by atoms with Crippen molar-refractivity contribution in [1.29, 1.82) is 0 Å². The van der Waals surface area contributed by atoms with Crippen LogP contribution in [0.15, 0.2) is 18.5 Å². The highest BCUT2D eigenvalue weighted by molar-refractivity contribution is 6.00. The van der Waals surface area contributed by atoms with E-state index in [0.29, 0.717) is 65.9 Å². The molecule has 0 radical (unpaired) electrons. The van der Waals surface area contributed by atoms with E-state index in [1.54, 1.807) is 15.8 Å². The van der Waals surface area contributed by atoms with Crippen LogP contribution in [-0.2, 0) is 16.3 Å². The van der Waals surface area contributed by atoms with E-state index in [1.807, 2.05) is 13.0 Å². The fourth-order valence-corrected chi connectivity index (χ4v) is 8.63. The first-order valence-electron chi connectivity index (χ1n) is 17.5. The number of hydrogen-bond acceptors (Lipinski definition) is 10. The van der Waals surface area contributed by atoms with Gasteiger partial charge < -0.3 is 19.5 Å². The second-order valence-electron chi connectivity index (χ2n) is 14.9. The molecule has 1 aromatic carbocycles. The molecule has 6 heterocycles. The minimum absolute atomic E-state index is 0.0170. The van der Waals surface area contributed by atoms with E-state index in [-0.39, 0.29) is 43.0 Å². The Bertz CT molecular complexity index is 1990. The molecular formula is C36H42F3N7O4. The molecule has 11 nitrogen and oxygen atoms in total. The standard InChI is InChI=1S/C36H42F3N7O4/c1-20-10-24(20)28-21(2)11-27-25(14-41-46(27)19-50-22(3)47)29(28)32-30(39)31-26(13-40-32)33(44-8-5-7-36(48,16-37)17-44)43-34(42-31)49-18-35-6-4-9-45(35)15-23(38)12-35/h11,13-14,20,23-24,48H,4-10,12,15-19H2,1-3H3/t20-,23-,24+,35+,36+/m1/s1. The zero-order chi connectivity index (χ0) is 34.9. The number of pyridine rings is 1. The zero-order valence-electron chi connectivity index (χ0n) is 28.6. The molecule has 0 unspecified atom stereocenters. The number of halogens is 3. The average Bonchev–Trinajstić information content (AvgIpc) is 3.35. The van der Waals surface area contributed by atoms with Gasteiger partial charge >= 0.3 is 12.0 Å². The van der Waals surface area contributed by atoms with Crippen LogP contribution < -0.4 is 9.64 Å². The SMILES string of the molecule is CC(=O)OCn1ncc2c(-c3ncc4c(N5CCC[C@](O)(CF)C5)nc(OC[C@@]56CCCN5C[C@H](F)C6)nc4c3F)c([C@H]3C[C@H]3C)c(C)cc21. The lowest BCUT2D eigenvalue weighted by atomic mass is 9.91. The summed E-state index contributed by atoms with van der Waals surface area (Å²) in [5.74, 6) is -0.214. The number of nitrogens with zero attached hydrogens (tertiary/aromatic N) is 7. The van der Waals surface area contributed by atoms with Gasteiger partial charge in [-0.25, -0.2) is 17.9 Å². The Balaban J connectivity index is 1.28. The Morgan fingerprint density at radius 3 is 2.72 bits per heavy atom. The molecule has 50 heavy (non-hydrogen) atoms. The first-order chi connectivity index (χ1) is 24.0. The topological polar surface area (TPSA) is 119 Å². The van der Waals surface area contributed by atoms with Gasteiger partial charge in [-0.15, -0.1) is 0 Å². The molecule has 3 aromatic heterocycles. The lowest BCUT2D eigenvalue weighted by molar-refractivity contribution is -0.144. The molecule has 4 fully saturated rings. The van der Waals surface area contributed by atoms with Gasteiger partial charge in [0.15, 0.2) is 12.5 Å². The van der Waals surface area contributed by atoms with E-state index in [2.05, 4.69) is 21.9 Å². The van der Waals surface area contributed by atoms with Gasteiger partial charge in [0.2, 0.25) is 0 Å². The maximum Gasteiger partial charge on any atom is 0.319 e. The van der Waals surface area contributed by atoms with Crippen molar-refractivity contribution in [2.75, 3.05) is 44.4 Å². The summed E-state index contributed by atoms with van der Waals surface area (Å²) in [6, 6.07) is 1.92. The predicted molar refractivity (Wildman–Crippen MR) is 180 cm³/mol. The third-order valence-corrected chi connectivity index (χ3v) is 11.3. The molecule has 0 amide bonds. The number of ether oxygens (including phenoxy) is 2. The van der Waals surface area contributed by atoms with Crippen LogP contribution in [0.1, 0.15) is 69.4 Å². The summed E-state index contributed by atoms with van der Waals surface area (Å²) in [6.07, 6.45) is 6.05. The third-order valence-electron chi connectivity index (χ3n) is 11.3. The molecule has 266 valence electrons. The maximum absolute atomic E-state index is 17.3. The van der Waals surface area contributed by atoms with Crippen molar-refractivity contribution < 1.29 is 32.5 Å². The van der Waals surface area contributed by atoms with Crippen LogP contribution in [0, 0.1) is 18.7 Å². The van der Waals surface area contributed by atoms with Gasteiger partial charge in [-0.05, 0) is 74.6 Å². The summed E-state index contributed by atoms with van der Waals surface area (Å²) in [7, 11) is 0. The summed E-state index contributed by atoms with van der Waals surface area (Å²) in [5.41, 5.74) is 1.25. The van der Waals surface area contributed by atoms with Crippen molar-refractivity contribution in [3.63, 3.8) is 0 Å². The van der Waals surface area contributed by atoms with Crippen LogP contribution in [0.3, 0.4) is 0 Å². The number of β-amino-alcohol motifs (C(OH)–C–C–N with tert-alkyl or cyclic N) is 1. The summed E-state index contributed by atoms with van der Waals surface area (Å²) in [4.78, 5) is 29.5. The normalized spacial score (nSPS) is 28.1. The van der Waals surface area contributed by atoms with Crippen LogP contribution >= 0.6 is 0 Å². The highest BCUT2D eigenvalue weighted by Gasteiger charge is 2.49.